The number of aryl methyl sites for hydroxylation is 1. The first-order valence-electron chi connectivity index (χ1n) is 7.29. The number of aliphatic imine (C=N–C) groups is 1. The summed E-state index contributed by atoms with van der Waals surface area (Å²) in [4.78, 5) is 16.6. The molecule has 23 heavy (non-hydrogen) atoms. The number of hydrogen-bond donors (Lipinski definition) is 1. The Morgan fingerprint density at radius 2 is 2.09 bits per heavy atom. The Bertz CT molecular complexity index is 798. The number of rotatable bonds is 2. The average Bonchev–Trinajstić information content (AvgIpc) is 2.73. The molecule has 0 bridgehead atoms. The molecule has 6 heteroatoms. The van der Waals surface area contributed by atoms with Gasteiger partial charge in [-0.1, -0.05) is 23.7 Å². The highest BCUT2D eigenvalue weighted by Gasteiger charge is 2.23. The zero-order chi connectivity index (χ0) is 16.4. The summed E-state index contributed by atoms with van der Waals surface area (Å²) >= 11 is 7.73. The summed E-state index contributed by atoms with van der Waals surface area (Å²) in [5.74, 6) is 1.17. The van der Waals surface area contributed by atoms with Crippen LogP contribution < -0.4 is 5.63 Å². The number of benzene rings is 1. The van der Waals surface area contributed by atoms with E-state index in [4.69, 9.17) is 16.0 Å². The Balaban J connectivity index is 1.95. The molecule has 1 aliphatic rings. The van der Waals surface area contributed by atoms with Gasteiger partial charge >= 0.3 is 5.63 Å². The maximum atomic E-state index is 12.1. The summed E-state index contributed by atoms with van der Waals surface area (Å²) in [5.41, 5.74) is 1.37. The van der Waals surface area contributed by atoms with Crippen LogP contribution in [-0.4, -0.2) is 23.1 Å². The molecule has 1 atom stereocenters. The first kappa shape index (κ1) is 16.1. The normalized spacial score (nSPS) is 18.3. The second-order valence-electron chi connectivity index (χ2n) is 5.35. The van der Waals surface area contributed by atoms with Gasteiger partial charge in [-0.05, 0) is 24.6 Å². The second-order valence-corrected chi connectivity index (χ2v) is 7.10. The van der Waals surface area contributed by atoms with E-state index in [-0.39, 0.29) is 16.6 Å². The molecule has 0 saturated heterocycles. The van der Waals surface area contributed by atoms with E-state index in [1.807, 2.05) is 24.3 Å². The Hall–Kier alpha value is -1.72. The van der Waals surface area contributed by atoms with Crippen molar-refractivity contribution >= 4 is 29.1 Å². The Morgan fingerprint density at radius 1 is 1.35 bits per heavy atom. The lowest BCUT2D eigenvalue weighted by Crippen LogP contribution is -2.17. The van der Waals surface area contributed by atoms with Crippen LogP contribution in [0.1, 0.15) is 28.6 Å². The minimum absolute atomic E-state index is 0.0701. The van der Waals surface area contributed by atoms with Crippen LogP contribution in [0.4, 0.5) is 0 Å². The predicted molar refractivity (Wildman–Crippen MR) is 94.1 cm³/mol. The van der Waals surface area contributed by atoms with E-state index in [0.29, 0.717) is 29.5 Å². The smallest absolute Gasteiger partial charge is 0.348 e. The van der Waals surface area contributed by atoms with Gasteiger partial charge < -0.3 is 9.52 Å². The first-order chi connectivity index (χ1) is 11.0. The zero-order valence-electron chi connectivity index (χ0n) is 12.6. The number of thioether (sulfide) groups is 1. The standard InChI is InChI=1S/C17H16ClNO3S/c1-10-8-14(20)16(17(21)22-10)13-9-15(23-7-6-19-13)11-2-4-12(18)5-3-11/h2-5,8,15,20H,6-7,9H2,1H3/t15-/m1/s1. The number of aromatic hydroxyl groups is 1. The average molecular weight is 350 g/mol. The van der Waals surface area contributed by atoms with Crippen LogP contribution in [0, 0.1) is 6.92 Å². The summed E-state index contributed by atoms with van der Waals surface area (Å²) in [6.45, 7) is 2.24. The van der Waals surface area contributed by atoms with Gasteiger partial charge in [-0.25, -0.2) is 4.79 Å². The lowest BCUT2D eigenvalue weighted by atomic mass is 10.0. The Labute approximate surface area is 143 Å². The molecule has 0 fully saturated rings. The van der Waals surface area contributed by atoms with Crippen molar-refractivity contribution in [3.63, 3.8) is 0 Å². The predicted octanol–water partition coefficient (Wildman–Crippen LogP) is 3.97. The van der Waals surface area contributed by atoms with E-state index in [9.17, 15) is 9.90 Å². The molecule has 0 amide bonds. The van der Waals surface area contributed by atoms with Crippen molar-refractivity contribution in [3.05, 3.63) is 62.7 Å². The third kappa shape index (κ3) is 3.62. The monoisotopic (exact) mass is 349 g/mol. The summed E-state index contributed by atoms with van der Waals surface area (Å²) in [7, 11) is 0. The molecule has 1 aromatic heterocycles. The van der Waals surface area contributed by atoms with Crippen LogP contribution in [0.25, 0.3) is 0 Å². The summed E-state index contributed by atoms with van der Waals surface area (Å²) in [6, 6.07) is 9.14. The minimum Gasteiger partial charge on any atom is -0.507 e. The molecule has 120 valence electrons. The fourth-order valence-electron chi connectivity index (χ4n) is 2.61. The largest absolute Gasteiger partial charge is 0.507 e. The third-order valence-electron chi connectivity index (χ3n) is 3.68. The van der Waals surface area contributed by atoms with Crippen molar-refractivity contribution in [1.29, 1.82) is 0 Å². The van der Waals surface area contributed by atoms with Gasteiger partial charge in [0.05, 0.1) is 5.71 Å². The van der Waals surface area contributed by atoms with Crippen LogP contribution in [0.5, 0.6) is 5.75 Å². The highest BCUT2D eigenvalue weighted by atomic mass is 35.5. The van der Waals surface area contributed by atoms with Crippen molar-refractivity contribution < 1.29 is 9.52 Å². The SMILES string of the molecule is Cc1cc(O)c(C2=NCCS[C@@H](c3ccc(Cl)cc3)C2)c(=O)o1. The van der Waals surface area contributed by atoms with Crippen molar-refractivity contribution in [3.8, 4) is 5.75 Å². The molecule has 0 spiro atoms. The second kappa shape index (κ2) is 6.81. The Kier molecular flexibility index (Phi) is 4.78. The van der Waals surface area contributed by atoms with E-state index in [2.05, 4.69) is 4.99 Å². The molecule has 1 aromatic carbocycles. The topological polar surface area (TPSA) is 62.8 Å². The van der Waals surface area contributed by atoms with E-state index >= 15 is 0 Å². The molecule has 4 nitrogen and oxygen atoms in total. The molecule has 0 unspecified atom stereocenters. The van der Waals surface area contributed by atoms with Crippen LogP contribution in [-0.2, 0) is 0 Å². The third-order valence-corrected chi connectivity index (χ3v) is 5.19. The number of nitrogens with zero attached hydrogens (tertiary/aromatic N) is 1. The van der Waals surface area contributed by atoms with Crippen molar-refractivity contribution in [2.24, 2.45) is 4.99 Å². The molecular weight excluding hydrogens is 334 g/mol. The van der Waals surface area contributed by atoms with E-state index in [0.717, 1.165) is 11.3 Å². The van der Waals surface area contributed by atoms with Crippen LogP contribution in [0.2, 0.25) is 5.02 Å². The molecule has 3 rings (SSSR count). The molecule has 2 heterocycles. The van der Waals surface area contributed by atoms with Gasteiger partial charge in [-0.15, -0.1) is 0 Å². The van der Waals surface area contributed by atoms with Gasteiger partial charge in [-0.3, -0.25) is 4.99 Å². The van der Waals surface area contributed by atoms with E-state index < -0.39 is 5.63 Å². The van der Waals surface area contributed by atoms with Crippen LogP contribution in [0.15, 0.2) is 44.5 Å². The molecule has 1 aliphatic heterocycles. The van der Waals surface area contributed by atoms with Gasteiger partial charge in [-0.2, -0.15) is 11.8 Å². The molecule has 0 saturated carbocycles. The van der Waals surface area contributed by atoms with E-state index in [1.54, 1.807) is 18.7 Å². The number of hydrogen-bond acceptors (Lipinski definition) is 5. The van der Waals surface area contributed by atoms with Crippen LogP contribution >= 0.6 is 23.4 Å². The van der Waals surface area contributed by atoms with Gasteiger partial charge in [0.1, 0.15) is 17.1 Å². The fraction of sp³-hybridized carbons (Fsp3) is 0.294. The first-order valence-corrected chi connectivity index (χ1v) is 8.72. The maximum absolute atomic E-state index is 12.1. The van der Waals surface area contributed by atoms with E-state index in [1.165, 1.54) is 6.07 Å². The molecule has 0 aliphatic carbocycles. The number of halogens is 1. The summed E-state index contributed by atoms with van der Waals surface area (Å²) in [5, 5.41) is 11.0. The van der Waals surface area contributed by atoms with Gasteiger partial charge in [0, 0.05) is 35.1 Å². The molecule has 2 aromatic rings. The van der Waals surface area contributed by atoms with Crippen molar-refractivity contribution in [1.82, 2.24) is 0 Å². The summed E-state index contributed by atoms with van der Waals surface area (Å²) < 4.78 is 5.12. The quantitative estimate of drug-likeness (QED) is 0.890. The lowest BCUT2D eigenvalue weighted by molar-refractivity contribution is 0.432. The van der Waals surface area contributed by atoms with Crippen molar-refractivity contribution in [2.45, 2.75) is 18.6 Å². The summed E-state index contributed by atoms with van der Waals surface area (Å²) in [6.07, 6.45) is 0.563. The highest BCUT2D eigenvalue weighted by Crippen LogP contribution is 2.36. The Morgan fingerprint density at radius 3 is 2.78 bits per heavy atom. The lowest BCUT2D eigenvalue weighted by Gasteiger charge is -2.15. The van der Waals surface area contributed by atoms with Crippen molar-refractivity contribution in [2.75, 3.05) is 12.3 Å². The minimum atomic E-state index is -0.539. The molecule has 0 radical (unpaired) electrons. The maximum Gasteiger partial charge on any atom is 0.348 e. The van der Waals surface area contributed by atoms with Gasteiger partial charge in [0.15, 0.2) is 0 Å². The molecule has 1 N–H and O–H groups in total. The molecular formula is C17H16ClNO3S. The fourth-order valence-corrected chi connectivity index (χ4v) is 3.84. The van der Waals surface area contributed by atoms with Crippen LogP contribution in [0.3, 0.4) is 0 Å². The highest BCUT2D eigenvalue weighted by molar-refractivity contribution is 7.99. The zero-order valence-corrected chi connectivity index (χ0v) is 14.2. The van der Waals surface area contributed by atoms with Gasteiger partial charge in [0.25, 0.3) is 0 Å². The van der Waals surface area contributed by atoms with Gasteiger partial charge in [0.2, 0.25) is 0 Å².